The summed E-state index contributed by atoms with van der Waals surface area (Å²) in [6.45, 7) is 7.55. The first-order valence-electron chi connectivity index (χ1n) is 7.16. The Morgan fingerprint density at radius 3 is 2.60 bits per heavy atom. The lowest BCUT2D eigenvalue weighted by molar-refractivity contribution is 0.171. The van der Waals surface area contributed by atoms with Gasteiger partial charge in [0.05, 0.1) is 13.7 Å². The van der Waals surface area contributed by atoms with Crippen LogP contribution in [0.15, 0.2) is 18.2 Å². The maximum Gasteiger partial charge on any atom is 0.124 e. The Labute approximate surface area is 122 Å². The van der Waals surface area contributed by atoms with Gasteiger partial charge < -0.3 is 19.5 Å². The molecule has 1 aromatic carbocycles. The third kappa shape index (κ3) is 6.26. The van der Waals surface area contributed by atoms with Gasteiger partial charge in [-0.1, -0.05) is 13.8 Å². The van der Waals surface area contributed by atoms with E-state index in [0.717, 1.165) is 43.2 Å². The van der Waals surface area contributed by atoms with Crippen molar-refractivity contribution in [1.29, 1.82) is 0 Å². The highest BCUT2D eigenvalue weighted by Gasteiger charge is 2.06. The molecule has 0 atom stereocenters. The van der Waals surface area contributed by atoms with Gasteiger partial charge in [-0.05, 0) is 30.7 Å². The fourth-order valence-electron chi connectivity index (χ4n) is 1.84. The van der Waals surface area contributed by atoms with Crippen molar-refractivity contribution < 1.29 is 14.2 Å². The zero-order chi connectivity index (χ0) is 14.8. The van der Waals surface area contributed by atoms with Crippen molar-refractivity contribution in [3.8, 4) is 11.5 Å². The molecule has 1 aromatic rings. The molecule has 0 aromatic heterocycles. The SMILES string of the molecule is COCCCOc1ccc(OC)cc1CNCC(C)C. The van der Waals surface area contributed by atoms with E-state index in [1.54, 1.807) is 14.2 Å². The summed E-state index contributed by atoms with van der Waals surface area (Å²) in [5.74, 6) is 2.40. The second-order valence-electron chi connectivity index (χ2n) is 5.19. The largest absolute Gasteiger partial charge is 0.497 e. The van der Waals surface area contributed by atoms with Gasteiger partial charge in [0.25, 0.3) is 0 Å². The first-order valence-corrected chi connectivity index (χ1v) is 7.16. The molecule has 0 aliphatic rings. The molecule has 114 valence electrons. The van der Waals surface area contributed by atoms with Gasteiger partial charge in [-0.25, -0.2) is 0 Å². The van der Waals surface area contributed by atoms with Crippen LogP contribution in [-0.2, 0) is 11.3 Å². The quantitative estimate of drug-likeness (QED) is 0.669. The lowest BCUT2D eigenvalue weighted by Crippen LogP contribution is -2.19. The molecule has 0 amide bonds. The van der Waals surface area contributed by atoms with Gasteiger partial charge >= 0.3 is 0 Å². The fraction of sp³-hybridized carbons (Fsp3) is 0.625. The van der Waals surface area contributed by atoms with Crippen molar-refractivity contribution in [1.82, 2.24) is 5.32 Å². The van der Waals surface area contributed by atoms with Gasteiger partial charge in [0.1, 0.15) is 11.5 Å². The van der Waals surface area contributed by atoms with E-state index >= 15 is 0 Å². The van der Waals surface area contributed by atoms with Gasteiger partial charge in [-0.15, -0.1) is 0 Å². The first-order chi connectivity index (χ1) is 9.67. The molecule has 1 N–H and O–H groups in total. The minimum atomic E-state index is 0.631. The minimum Gasteiger partial charge on any atom is -0.497 e. The number of hydrogen-bond acceptors (Lipinski definition) is 4. The zero-order valence-corrected chi connectivity index (χ0v) is 13.1. The third-order valence-corrected chi connectivity index (χ3v) is 2.89. The van der Waals surface area contributed by atoms with E-state index in [9.17, 15) is 0 Å². The van der Waals surface area contributed by atoms with E-state index in [1.807, 2.05) is 18.2 Å². The predicted octanol–water partition coefficient (Wildman–Crippen LogP) is 2.86. The first kappa shape index (κ1) is 16.8. The summed E-state index contributed by atoms with van der Waals surface area (Å²) in [4.78, 5) is 0. The molecule has 4 nitrogen and oxygen atoms in total. The Morgan fingerprint density at radius 2 is 1.95 bits per heavy atom. The van der Waals surface area contributed by atoms with Crippen LogP contribution in [0.4, 0.5) is 0 Å². The molecular formula is C16H27NO3. The molecule has 1 rings (SSSR count). The predicted molar refractivity (Wildman–Crippen MR) is 81.5 cm³/mol. The van der Waals surface area contributed by atoms with Crippen LogP contribution >= 0.6 is 0 Å². The maximum absolute atomic E-state index is 5.82. The van der Waals surface area contributed by atoms with Crippen LogP contribution in [0.1, 0.15) is 25.8 Å². The Morgan fingerprint density at radius 1 is 1.15 bits per heavy atom. The molecule has 0 aliphatic heterocycles. The Bertz CT molecular complexity index is 380. The summed E-state index contributed by atoms with van der Waals surface area (Å²) in [6.07, 6.45) is 0.890. The number of methoxy groups -OCH3 is 2. The van der Waals surface area contributed by atoms with Crippen molar-refractivity contribution in [2.75, 3.05) is 34.0 Å². The third-order valence-electron chi connectivity index (χ3n) is 2.89. The molecule has 0 bridgehead atoms. The fourth-order valence-corrected chi connectivity index (χ4v) is 1.84. The number of hydrogen-bond donors (Lipinski definition) is 1. The van der Waals surface area contributed by atoms with Crippen LogP contribution in [0, 0.1) is 5.92 Å². The molecule has 0 heterocycles. The van der Waals surface area contributed by atoms with E-state index in [1.165, 1.54) is 0 Å². The van der Waals surface area contributed by atoms with E-state index in [0.29, 0.717) is 12.5 Å². The molecule has 4 heteroatoms. The Kier molecular flexibility index (Phi) is 8.07. The van der Waals surface area contributed by atoms with Crippen molar-refractivity contribution in [2.24, 2.45) is 5.92 Å². The summed E-state index contributed by atoms with van der Waals surface area (Å²) >= 11 is 0. The summed E-state index contributed by atoms with van der Waals surface area (Å²) in [5.41, 5.74) is 1.13. The summed E-state index contributed by atoms with van der Waals surface area (Å²) in [7, 11) is 3.38. The molecular weight excluding hydrogens is 254 g/mol. The highest BCUT2D eigenvalue weighted by atomic mass is 16.5. The highest BCUT2D eigenvalue weighted by Crippen LogP contribution is 2.24. The van der Waals surface area contributed by atoms with E-state index in [4.69, 9.17) is 14.2 Å². The van der Waals surface area contributed by atoms with Crippen LogP contribution in [0.3, 0.4) is 0 Å². The van der Waals surface area contributed by atoms with Crippen LogP contribution in [0.5, 0.6) is 11.5 Å². The van der Waals surface area contributed by atoms with Crippen LogP contribution in [0.25, 0.3) is 0 Å². The summed E-state index contributed by atoms with van der Waals surface area (Å²) in [6, 6.07) is 5.93. The second-order valence-corrected chi connectivity index (χ2v) is 5.19. The zero-order valence-electron chi connectivity index (χ0n) is 13.1. The van der Waals surface area contributed by atoms with Crippen molar-refractivity contribution in [3.63, 3.8) is 0 Å². The van der Waals surface area contributed by atoms with Gasteiger partial charge in [0, 0.05) is 32.2 Å². The monoisotopic (exact) mass is 281 g/mol. The van der Waals surface area contributed by atoms with E-state index < -0.39 is 0 Å². The maximum atomic E-state index is 5.82. The lowest BCUT2D eigenvalue weighted by atomic mass is 10.1. The topological polar surface area (TPSA) is 39.7 Å². The smallest absolute Gasteiger partial charge is 0.124 e. The van der Waals surface area contributed by atoms with Crippen LogP contribution in [0.2, 0.25) is 0 Å². The molecule has 0 saturated carbocycles. The lowest BCUT2D eigenvalue weighted by Gasteiger charge is -2.14. The number of ether oxygens (including phenoxy) is 3. The number of rotatable bonds is 10. The van der Waals surface area contributed by atoms with Crippen LogP contribution in [-0.4, -0.2) is 34.0 Å². The van der Waals surface area contributed by atoms with Crippen molar-refractivity contribution in [3.05, 3.63) is 23.8 Å². The second kappa shape index (κ2) is 9.61. The molecule has 0 fully saturated rings. The molecule has 0 saturated heterocycles. The summed E-state index contributed by atoms with van der Waals surface area (Å²) in [5, 5.41) is 3.43. The Balaban J connectivity index is 2.60. The molecule has 0 unspecified atom stereocenters. The van der Waals surface area contributed by atoms with Gasteiger partial charge in [0.15, 0.2) is 0 Å². The van der Waals surface area contributed by atoms with Gasteiger partial charge in [-0.2, -0.15) is 0 Å². The Hall–Kier alpha value is -1.26. The molecule has 0 aliphatic carbocycles. The van der Waals surface area contributed by atoms with Crippen molar-refractivity contribution >= 4 is 0 Å². The minimum absolute atomic E-state index is 0.631. The average molecular weight is 281 g/mol. The van der Waals surface area contributed by atoms with Gasteiger partial charge in [-0.3, -0.25) is 0 Å². The number of benzene rings is 1. The molecule has 0 radical (unpaired) electrons. The standard InChI is InChI=1S/C16H27NO3/c1-13(2)11-17-12-14-10-15(19-4)6-7-16(14)20-9-5-8-18-3/h6-7,10,13,17H,5,8-9,11-12H2,1-4H3. The molecule has 0 spiro atoms. The summed E-state index contributed by atoms with van der Waals surface area (Å²) < 4.78 is 16.1. The molecule has 20 heavy (non-hydrogen) atoms. The number of nitrogens with one attached hydrogen (secondary N) is 1. The normalized spacial score (nSPS) is 10.8. The van der Waals surface area contributed by atoms with E-state index in [-0.39, 0.29) is 0 Å². The van der Waals surface area contributed by atoms with Crippen LogP contribution < -0.4 is 14.8 Å². The van der Waals surface area contributed by atoms with E-state index in [2.05, 4.69) is 19.2 Å². The average Bonchev–Trinajstić information content (AvgIpc) is 2.44. The highest BCUT2D eigenvalue weighted by molar-refractivity contribution is 5.40. The van der Waals surface area contributed by atoms with Gasteiger partial charge in [0.2, 0.25) is 0 Å². The van der Waals surface area contributed by atoms with Crippen molar-refractivity contribution in [2.45, 2.75) is 26.8 Å².